The molecule has 1 saturated heterocycles. The fraction of sp³-hybridized carbons (Fsp3) is 0.462. The minimum atomic E-state index is -0.608. The fourth-order valence-corrected chi connectivity index (χ4v) is 4.30. The van der Waals surface area contributed by atoms with E-state index in [1.807, 2.05) is 20.8 Å². The van der Waals surface area contributed by atoms with Gasteiger partial charge in [-0.3, -0.25) is 9.78 Å². The van der Waals surface area contributed by atoms with E-state index >= 15 is 0 Å². The molecule has 8 nitrogen and oxygen atoms in total. The molecule has 0 bridgehead atoms. The lowest BCUT2D eigenvalue weighted by molar-refractivity contribution is 0.0494. The summed E-state index contributed by atoms with van der Waals surface area (Å²) in [6.07, 6.45) is 3.51. The molecule has 186 valence electrons. The number of hydrogen-bond acceptors (Lipinski definition) is 6. The van der Waals surface area contributed by atoms with Gasteiger partial charge in [-0.15, -0.1) is 0 Å². The predicted molar refractivity (Wildman–Crippen MR) is 135 cm³/mol. The van der Waals surface area contributed by atoms with Crippen LogP contribution in [0.25, 0.3) is 11.1 Å². The summed E-state index contributed by atoms with van der Waals surface area (Å²) in [7, 11) is 3.33. The van der Waals surface area contributed by atoms with E-state index < -0.39 is 11.7 Å². The first-order valence-corrected chi connectivity index (χ1v) is 12.0. The molecule has 0 radical (unpaired) electrons. The second-order valence-corrected chi connectivity index (χ2v) is 10.3. The highest BCUT2D eigenvalue weighted by Crippen LogP contribution is 2.28. The number of nitrogens with one attached hydrogen (secondary N) is 2. The first-order valence-electron chi connectivity index (χ1n) is 11.6. The van der Waals surface area contributed by atoms with E-state index in [0.29, 0.717) is 33.8 Å². The summed E-state index contributed by atoms with van der Waals surface area (Å²) in [4.78, 5) is 30.8. The Balaban J connectivity index is 1.85. The van der Waals surface area contributed by atoms with Gasteiger partial charge in [-0.25, -0.2) is 4.79 Å². The van der Waals surface area contributed by atoms with Crippen LogP contribution >= 0.6 is 11.6 Å². The van der Waals surface area contributed by atoms with Crippen molar-refractivity contribution in [2.75, 3.05) is 20.6 Å². The smallest absolute Gasteiger partial charge is 0.407 e. The molecule has 2 aromatic rings. The van der Waals surface area contributed by atoms with Gasteiger partial charge in [-0.1, -0.05) is 17.7 Å². The van der Waals surface area contributed by atoms with E-state index in [2.05, 4.69) is 21.7 Å². The number of benzene rings is 1. The first-order chi connectivity index (χ1) is 16.5. The van der Waals surface area contributed by atoms with Crippen molar-refractivity contribution in [3.63, 3.8) is 0 Å². The standard InChI is InChI=1S/C26H32ClN5O3/c1-26(2,3)35-25(34)31-23(21-7-6-10-29-21)13-22-17(14-28)11-18(15-30-22)16-8-9-19(20(27)12-16)24(33)32(4)5/h8-9,11-12,15,21,23,29H,6-7,10,13H2,1-5H3,(H,31,34). The zero-order valence-corrected chi connectivity index (χ0v) is 21.6. The number of hydrogen-bond donors (Lipinski definition) is 2. The number of ether oxygens (including phenoxy) is 1. The summed E-state index contributed by atoms with van der Waals surface area (Å²) in [5, 5.41) is 16.6. The van der Waals surface area contributed by atoms with E-state index in [-0.39, 0.29) is 18.0 Å². The number of aromatic nitrogens is 1. The molecule has 1 aliphatic heterocycles. The van der Waals surface area contributed by atoms with Crippen LogP contribution < -0.4 is 10.6 Å². The van der Waals surface area contributed by atoms with Crippen LogP contribution in [0.5, 0.6) is 0 Å². The Labute approximate surface area is 211 Å². The Hall–Kier alpha value is -3.15. The second kappa shape index (κ2) is 11.1. The maximum atomic E-state index is 12.5. The number of rotatable bonds is 6. The Morgan fingerprint density at radius 3 is 2.63 bits per heavy atom. The molecule has 1 aromatic heterocycles. The van der Waals surface area contributed by atoms with Crippen LogP contribution in [-0.4, -0.2) is 60.2 Å². The SMILES string of the molecule is CN(C)C(=O)c1ccc(-c2cnc(CC(NC(=O)OC(C)(C)C)C3CCCN3)c(C#N)c2)cc1Cl. The molecule has 9 heteroatoms. The summed E-state index contributed by atoms with van der Waals surface area (Å²) < 4.78 is 5.45. The van der Waals surface area contributed by atoms with Crippen molar-refractivity contribution in [2.24, 2.45) is 0 Å². The molecule has 1 aliphatic rings. The third-order valence-corrected chi connectivity index (χ3v) is 6.04. The Morgan fingerprint density at radius 1 is 1.31 bits per heavy atom. The molecular formula is C26H32ClN5O3. The average molecular weight is 498 g/mol. The zero-order chi connectivity index (χ0) is 25.8. The van der Waals surface area contributed by atoms with Gasteiger partial charge in [0.05, 0.1) is 27.9 Å². The largest absolute Gasteiger partial charge is 0.444 e. The molecule has 35 heavy (non-hydrogen) atoms. The van der Waals surface area contributed by atoms with Gasteiger partial charge < -0.3 is 20.3 Å². The number of carbonyl (C=O) groups is 2. The Morgan fingerprint density at radius 2 is 2.06 bits per heavy atom. The number of nitriles is 1. The third kappa shape index (κ3) is 6.93. The average Bonchev–Trinajstić information content (AvgIpc) is 3.32. The lowest BCUT2D eigenvalue weighted by Gasteiger charge is -2.27. The van der Waals surface area contributed by atoms with Crippen LogP contribution in [0.3, 0.4) is 0 Å². The monoisotopic (exact) mass is 497 g/mol. The molecule has 0 spiro atoms. The van der Waals surface area contributed by atoms with Gasteiger partial charge in [0.2, 0.25) is 0 Å². The number of pyridine rings is 1. The number of halogens is 1. The quantitative estimate of drug-likeness (QED) is 0.620. The normalized spacial score (nSPS) is 16.3. The minimum absolute atomic E-state index is 0.0659. The van der Waals surface area contributed by atoms with E-state index in [9.17, 15) is 14.9 Å². The molecule has 2 atom stereocenters. The Kier molecular flexibility index (Phi) is 8.36. The summed E-state index contributed by atoms with van der Waals surface area (Å²) in [5.41, 5.74) is 2.28. The van der Waals surface area contributed by atoms with E-state index in [1.54, 1.807) is 44.6 Å². The Bertz CT molecular complexity index is 1130. The number of nitrogens with zero attached hydrogens (tertiary/aromatic N) is 3. The van der Waals surface area contributed by atoms with Gasteiger partial charge in [-0.05, 0) is 63.9 Å². The third-order valence-electron chi connectivity index (χ3n) is 5.73. The predicted octanol–water partition coefficient (Wildman–Crippen LogP) is 4.16. The molecule has 1 fully saturated rings. The zero-order valence-electron chi connectivity index (χ0n) is 20.8. The topological polar surface area (TPSA) is 107 Å². The summed E-state index contributed by atoms with van der Waals surface area (Å²) >= 11 is 6.37. The van der Waals surface area contributed by atoms with Crippen LogP contribution in [0.4, 0.5) is 4.79 Å². The van der Waals surface area contributed by atoms with Crippen LogP contribution in [0.2, 0.25) is 5.02 Å². The van der Waals surface area contributed by atoms with Gasteiger partial charge in [0.1, 0.15) is 11.7 Å². The van der Waals surface area contributed by atoms with Crippen molar-refractivity contribution in [3.8, 4) is 17.2 Å². The fourth-order valence-electron chi connectivity index (χ4n) is 4.04. The molecule has 2 heterocycles. The van der Waals surface area contributed by atoms with Crippen LogP contribution in [0.15, 0.2) is 30.5 Å². The first kappa shape index (κ1) is 26.5. The van der Waals surface area contributed by atoms with Crippen molar-refractivity contribution in [3.05, 3.63) is 52.3 Å². The molecule has 2 unspecified atom stereocenters. The summed E-state index contributed by atoms with van der Waals surface area (Å²) in [5.74, 6) is -0.184. The number of alkyl carbamates (subject to hydrolysis) is 1. The maximum Gasteiger partial charge on any atom is 0.407 e. The molecule has 0 saturated carbocycles. The number of amides is 2. The lowest BCUT2D eigenvalue weighted by atomic mass is 9.97. The lowest BCUT2D eigenvalue weighted by Crippen LogP contribution is -2.50. The molecule has 3 rings (SSSR count). The number of carbonyl (C=O) groups excluding carboxylic acids is 2. The van der Waals surface area contributed by atoms with E-state index in [1.165, 1.54) is 4.90 Å². The van der Waals surface area contributed by atoms with Gasteiger partial charge in [0, 0.05) is 38.3 Å². The molecular weight excluding hydrogens is 466 g/mol. The van der Waals surface area contributed by atoms with Crippen molar-refractivity contribution in [1.29, 1.82) is 5.26 Å². The molecule has 2 amide bonds. The van der Waals surface area contributed by atoms with Crippen LogP contribution in [0.1, 0.15) is 55.2 Å². The highest BCUT2D eigenvalue weighted by Gasteiger charge is 2.29. The van der Waals surface area contributed by atoms with Crippen LogP contribution in [0, 0.1) is 11.3 Å². The van der Waals surface area contributed by atoms with Crippen LogP contribution in [-0.2, 0) is 11.2 Å². The van der Waals surface area contributed by atoms with Crippen molar-refractivity contribution in [1.82, 2.24) is 20.5 Å². The molecule has 1 aromatic carbocycles. The van der Waals surface area contributed by atoms with Crippen molar-refractivity contribution in [2.45, 2.75) is 57.7 Å². The highest BCUT2D eigenvalue weighted by molar-refractivity contribution is 6.34. The molecule has 0 aliphatic carbocycles. The summed E-state index contributed by atoms with van der Waals surface area (Å²) in [6.45, 7) is 6.33. The minimum Gasteiger partial charge on any atom is -0.444 e. The highest BCUT2D eigenvalue weighted by atomic mass is 35.5. The van der Waals surface area contributed by atoms with Crippen molar-refractivity contribution >= 4 is 23.6 Å². The van der Waals surface area contributed by atoms with E-state index in [4.69, 9.17) is 16.3 Å². The second-order valence-electron chi connectivity index (χ2n) is 9.88. The van der Waals surface area contributed by atoms with Gasteiger partial charge in [-0.2, -0.15) is 5.26 Å². The van der Waals surface area contributed by atoms with Gasteiger partial charge in [0.15, 0.2) is 0 Å². The maximum absolute atomic E-state index is 12.5. The van der Waals surface area contributed by atoms with Gasteiger partial charge in [0.25, 0.3) is 5.91 Å². The summed E-state index contributed by atoms with van der Waals surface area (Å²) in [6, 6.07) is 8.94. The van der Waals surface area contributed by atoms with Gasteiger partial charge >= 0.3 is 6.09 Å². The molecule has 2 N–H and O–H groups in total. The van der Waals surface area contributed by atoms with E-state index in [0.717, 1.165) is 24.9 Å². The van der Waals surface area contributed by atoms with Crippen molar-refractivity contribution < 1.29 is 14.3 Å².